The normalized spacial score (nSPS) is 10.8. The molecule has 0 saturated carbocycles. The smallest absolute Gasteiger partial charge is 0.270 e. The molecule has 0 radical (unpaired) electrons. The van der Waals surface area contributed by atoms with Crippen LogP contribution in [-0.2, 0) is 0 Å². The van der Waals surface area contributed by atoms with E-state index in [1.165, 1.54) is 23.5 Å². The lowest BCUT2D eigenvalue weighted by molar-refractivity contribution is -0.384. The molecule has 3 aromatic rings. The minimum Gasteiger partial charge on any atom is -0.309 e. The predicted molar refractivity (Wildman–Crippen MR) is 127 cm³/mol. The molecule has 0 saturated heterocycles. The van der Waals surface area contributed by atoms with E-state index in [0.29, 0.717) is 27.5 Å². The molecule has 0 aliphatic rings. The van der Waals surface area contributed by atoms with Crippen molar-refractivity contribution in [3.05, 3.63) is 58.1 Å². The van der Waals surface area contributed by atoms with Crippen molar-refractivity contribution in [1.82, 2.24) is 9.88 Å². The maximum absolute atomic E-state index is 13.3. The van der Waals surface area contributed by atoms with Gasteiger partial charge in [-0.05, 0) is 57.6 Å². The summed E-state index contributed by atoms with van der Waals surface area (Å²) in [6.45, 7) is 1.35. The lowest BCUT2D eigenvalue weighted by atomic mass is 10.2. The van der Waals surface area contributed by atoms with Crippen molar-refractivity contribution < 1.29 is 9.72 Å². The third kappa shape index (κ3) is 5.69. The number of carbonyl (C=O) groups is 1. The van der Waals surface area contributed by atoms with Crippen molar-refractivity contribution in [2.75, 3.05) is 38.3 Å². The highest BCUT2D eigenvalue weighted by Crippen LogP contribution is 2.32. The van der Waals surface area contributed by atoms with E-state index < -0.39 is 4.92 Å². The first-order valence-corrected chi connectivity index (χ1v) is 11.1. The largest absolute Gasteiger partial charge is 0.309 e. The number of carbonyl (C=O) groups excluding carboxylic acids is 1. The van der Waals surface area contributed by atoms with Crippen LogP contribution in [0.3, 0.4) is 0 Å². The highest BCUT2D eigenvalue weighted by Gasteiger charge is 2.22. The quantitative estimate of drug-likeness (QED) is 0.265. The molecule has 0 atom stereocenters. The first kappa shape index (κ1) is 24.1. The standard InChI is InChI=1S/C20H22N4O3S2.ClH/c1-22(2)10-5-11-23(19(25)14-6-4-7-16(12-14)28-3)20-21-17-9-8-15(24(26)27)13-18(17)29-20;/h4,6-9,12-13H,5,10-11H2,1-3H3;1H. The molecule has 0 unspecified atom stereocenters. The summed E-state index contributed by atoms with van der Waals surface area (Å²) in [7, 11) is 3.98. The number of aromatic nitrogens is 1. The van der Waals surface area contributed by atoms with E-state index in [0.717, 1.165) is 17.9 Å². The van der Waals surface area contributed by atoms with Gasteiger partial charge < -0.3 is 4.90 Å². The topological polar surface area (TPSA) is 79.6 Å². The second-order valence-electron chi connectivity index (χ2n) is 6.75. The number of amides is 1. The number of fused-ring (bicyclic) bond motifs is 1. The molecule has 0 N–H and O–H groups in total. The van der Waals surface area contributed by atoms with E-state index in [1.54, 1.807) is 28.8 Å². The molecule has 0 aliphatic carbocycles. The molecule has 0 spiro atoms. The van der Waals surface area contributed by atoms with Crippen LogP contribution < -0.4 is 4.90 Å². The first-order valence-electron chi connectivity index (χ1n) is 9.04. The number of rotatable bonds is 8. The zero-order valence-electron chi connectivity index (χ0n) is 16.9. The highest BCUT2D eigenvalue weighted by molar-refractivity contribution is 7.98. The van der Waals surface area contributed by atoms with Crippen molar-refractivity contribution in [2.45, 2.75) is 11.3 Å². The highest BCUT2D eigenvalue weighted by atomic mass is 35.5. The number of hydrogen-bond donors (Lipinski definition) is 0. The van der Waals surface area contributed by atoms with E-state index in [4.69, 9.17) is 0 Å². The Labute approximate surface area is 189 Å². The lowest BCUT2D eigenvalue weighted by Gasteiger charge is -2.21. The fourth-order valence-electron chi connectivity index (χ4n) is 2.87. The summed E-state index contributed by atoms with van der Waals surface area (Å²) >= 11 is 2.88. The van der Waals surface area contributed by atoms with Crippen molar-refractivity contribution in [1.29, 1.82) is 0 Å². The van der Waals surface area contributed by atoms with Gasteiger partial charge in [-0.3, -0.25) is 19.8 Å². The Kier molecular flexibility index (Phi) is 8.60. The van der Waals surface area contributed by atoms with Gasteiger partial charge in [-0.2, -0.15) is 0 Å². The first-order chi connectivity index (χ1) is 13.9. The average Bonchev–Trinajstić information content (AvgIpc) is 3.13. The van der Waals surface area contributed by atoms with Crippen LogP contribution in [0, 0.1) is 10.1 Å². The van der Waals surface area contributed by atoms with Gasteiger partial charge in [-0.15, -0.1) is 24.2 Å². The molecule has 1 amide bonds. The van der Waals surface area contributed by atoms with Crippen molar-refractivity contribution in [3.8, 4) is 0 Å². The minimum atomic E-state index is -0.424. The van der Waals surface area contributed by atoms with Crippen molar-refractivity contribution in [2.24, 2.45) is 0 Å². The maximum atomic E-state index is 13.3. The molecular weight excluding hydrogens is 444 g/mol. The van der Waals surface area contributed by atoms with Crippen LogP contribution in [0.1, 0.15) is 16.8 Å². The second kappa shape index (κ2) is 10.7. The van der Waals surface area contributed by atoms with Crippen molar-refractivity contribution >= 4 is 62.4 Å². The Hall–Kier alpha value is -2.20. The summed E-state index contributed by atoms with van der Waals surface area (Å²) < 4.78 is 0.692. The summed E-state index contributed by atoms with van der Waals surface area (Å²) in [5.74, 6) is -0.117. The number of thioether (sulfide) groups is 1. The Morgan fingerprint density at radius 3 is 2.63 bits per heavy atom. The van der Waals surface area contributed by atoms with Gasteiger partial charge in [0.15, 0.2) is 5.13 Å². The van der Waals surface area contributed by atoms with E-state index >= 15 is 0 Å². The monoisotopic (exact) mass is 466 g/mol. The van der Waals surface area contributed by atoms with Gasteiger partial charge in [-0.1, -0.05) is 17.4 Å². The number of non-ortho nitro benzene ring substituents is 1. The molecule has 10 heteroatoms. The number of nitro benzene ring substituents is 1. The number of nitrogens with zero attached hydrogens (tertiary/aromatic N) is 4. The average molecular weight is 467 g/mol. The number of anilines is 1. The molecule has 2 aromatic carbocycles. The molecule has 0 aliphatic heterocycles. The molecule has 1 aromatic heterocycles. The van der Waals surface area contributed by atoms with E-state index in [9.17, 15) is 14.9 Å². The summed E-state index contributed by atoms with van der Waals surface area (Å²) in [6, 6.07) is 12.1. The maximum Gasteiger partial charge on any atom is 0.270 e. The van der Waals surface area contributed by atoms with Crippen LogP contribution in [0.25, 0.3) is 10.2 Å². The third-order valence-electron chi connectivity index (χ3n) is 4.35. The lowest BCUT2D eigenvalue weighted by Crippen LogP contribution is -2.33. The minimum absolute atomic E-state index is 0. The summed E-state index contributed by atoms with van der Waals surface area (Å²) in [5.41, 5.74) is 1.27. The van der Waals surface area contributed by atoms with Gasteiger partial charge in [-0.25, -0.2) is 4.98 Å². The number of halogens is 1. The Morgan fingerprint density at radius 1 is 1.20 bits per heavy atom. The molecule has 0 bridgehead atoms. The van der Waals surface area contributed by atoms with E-state index in [1.807, 2.05) is 38.6 Å². The van der Waals surface area contributed by atoms with Crippen LogP contribution >= 0.6 is 35.5 Å². The van der Waals surface area contributed by atoms with E-state index in [-0.39, 0.29) is 24.0 Å². The van der Waals surface area contributed by atoms with Gasteiger partial charge in [0.25, 0.3) is 11.6 Å². The molecule has 3 rings (SSSR count). The second-order valence-corrected chi connectivity index (χ2v) is 8.64. The Morgan fingerprint density at radius 2 is 1.97 bits per heavy atom. The van der Waals surface area contributed by atoms with Gasteiger partial charge in [0, 0.05) is 29.1 Å². The van der Waals surface area contributed by atoms with Crippen LogP contribution in [-0.4, -0.2) is 54.2 Å². The van der Waals surface area contributed by atoms with Gasteiger partial charge >= 0.3 is 0 Å². The summed E-state index contributed by atoms with van der Waals surface area (Å²) in [5, 5.41) is 11.6. The zero-order chi connectivity index (χ0) is 21.0. The Balaban J connectivity index is 0.00000320. The van der Waals surface area contributed by atoms with Crippen LogP contribution in [0.15, 0.2) is 47.4 Å². The van der Waals surface area contributed by atoms with Crippen molar-refractivity contribution in [3.63, 3.8) is 0 Å². The molecule has 1 heterocycles. The molecular formula is C20H23ClN4O3S2. The van der Waals surface area contributed by atoms with Gasteiger partial charge in [0.1, 0.15) is 0 Å². The van der Waals surface area contributed by atoms with E-state index in [2.05, 4.69) is 9.88 Å². The number of benzene rings is 2. The third-order valence-corrected chi connectivity index (χ3v) is 6.12. The van der Waals surface area contributed by atoms with Crippen LogP contribution in [0.4, 0.5) is 10.8 Å². The predicted octanol–water partition coefficient (Wildman–Crippen LogP) is 4.95. The fourth-order valence-corrected chi connectivity index (χ4v) is 4.35. The summed E-state index contributed by atoms with van der Waals surface area (Å²) in [4.78, 5) is 33.3. The molecule has 0 fully saturated rings. The number of thiazole rings is 1. The fraction of sp³-hybridized carbons (Fsp3) is 0.300. The number of nitro groups is 1. The summed E-state index contributed by atoms with van der Waals surface area (Å²) in [6.07, 6.45) is 2.76. The SMILES string of the molecule is CSc1cccc(C(=O)N(CCCN(C)C)c2nc3ccc([N+](=O)[O-])cc3s2)c1.Cl. The number of hydrogen-bond acceptors (Lipinski definition) is 7. The van der Waals surface area contributed by atoms with Crippen LogP contribution in [0.2, 0.25) is 0 Å². The molecule has 30 heavy (non-hydrogen) atoms. The van der Waals surface area contributed by atoms with Crippen LogP contribution in [0.5, 0.6) is 0 Å². The Bertz CT molecular complexity index is 1040. The van der Waals surface area contributed by atoms with Gasteiger partial charge in [0.2, 0.25) is 0 Å². The molecule has 160 valence electrons. The molecule has 7 nitrogen and oxygen atoms in total. The zero-order valence-corrected chi connectivity index (χ0v) is 19.4. The van der Waals surface area contributed by atoms with Gasteiger partial charge in [0.05, 0.1) is 15.1 Å².